The van der Waals surface area contributed by atoms with Crippen molar-refractivity contribution in [1.82, 2.24) is 9.97 Å². The SMILES string of the molecule is COc1ccc(CNc2nc(C)cc(Nc3c(C)cccc3C(C)C)n2)cc1. The van der Waals surface area contributed by atoms with Crippen LogP contribution in [0, 0.1) is 13.8 Å². The Kier molecular flexibility index (Phi) is 6.14. The molecule has 0 saturated carbocycles. The first kappa shape index (κ1) is 19.7. The van der Waals surface area contributed by atoms with E-state index in [0.29, 0.717) is 18.4 Å². The first-order valence-corrected chi connectivity index (χ1v) is 9.55. The molecule has 0 radical (unpaired) electrons. The van der Waals surface area contributed by atoms with E-state index >= 15 is 0 Å². The van der Waals surface area contributed by atoms with Crippen molar-refractivity contribution in [2.45, 2.75) is 40.2 Å². The number of ether oxygens (including phenoxy) is 1. The molecule has 3 aromatic rings. The van der Waals surface area contributed by atoms with Gasteiger partial charge in [0.25, 0.3) is 0 Å². The average molecular weight is 377 g/mol. The molecule has 0 aliphatic rings. The van der Waals surface area contributed by atoms with Crippen molar-refractivity contribution >= 4 is 17.5 Å². The van der Waals surface area contributed by atoms with Crippen LogP contribution in [0.3, 0.4) is 0 Å². The summed E-state index contributed by atoms with van der Waals surface area (Å²) < 4.78 is 5.20. The highest BCUT2D eigenvalue weighted by molar-refractivity contribution is 5.66. The second kappa shape index (κ2) is 8.74. The Morgan fingerprint density at radius 1 is 1.00 bits per heavy atom. The van der Waals surface area contributed by atoms with E-state index in [4.69, 9.17) is 4.74 Å². The van der Waals surface area contributed by atoms with Crippen LogP contribution in [0.4, 0.5) is 17.5 Å². The van der Waals surface area contributed by atoms with E-state index in [0.717, 1.165) is 28.5 Å². The number of nitrogens with zero attached hydrogens (tertiary/aromatic N) is 2. The normalized spacial score (nSPS) is 10.8. The predicted molar refractivity (Wildman–Crippen MR) is 116 cm³/mol. The maximum atomic E-state index is 5.20. The lowest BCUT2D eigenvalue weighted by Gasteiger charge is -2.17. The van der Waals surface area contributed by atoms with Crippen LogP contribution in [0.15, 0.2) is 48.5 Å². The summed E-state index contributed by atoms with van der Waals surface area (Å²) in [6, 6.07) is 16.3. The first-order chi connectivity index (χ1) is 13.5. The highest BCUT2D eigenvalue weighted by atomic mass is 16.5. The molecule has 2 aromatic carbocycles. The molecule has 5 heteroatoms. The van der Waals surface area contributed by atoms with Crippen LogP contribution in [-0.4, -0.2) is 17.1 Å². The second-order valence-electron chi connectivity index (χ2n) is 7.24. The van der Waals surface area contributed by atoms with E-state index in [2.05, 4.69) is 59.6 Å². The van der Waals surface area contributed by atoms with Crippen LogP contribution >= 0.6 is 0 Å². The third-order valence-corrected chi connectivity index (χ3v) is 4.64. The second-order valence-corrected chi connectivity index (χ2v) is 7.24. The summed E-state index contributed by atoms with van der Waals surface area (Å²) in [4.78, 5) is 9.18. The fraction of sp³-hybridized carbons (Fsp3) is 0.304. The quantitative estimate of drug-likeness (QED) is 0.563. The van der Waals surface area contributed by atoms with Gasteiger partial charge in [-0.05, 0) is 48.6 Å². The monoisotopic (exact) mass is 376 g/mol. The van der Waals surface area contributed by atoms with Crippen molar-refractivity contribution in [2.75, 3.05) is 17.7 Å². The molecule has 146 valence electrons. The summed E-state index contributed by atoms with van der Waals surface area (Å²) in [7, 11) is 1.67. The van der Waals surface area contributed by atoms with Crippen molar-refractivity contribution < 1.29 is 4.74 Å². The molecule has 3 rings (SSSR count). The molecule has 0 spiro atoms. The van der Waals surface area contributed by atoms with Gasteiger partial charge in [0.15, 0.2) is 0 Å². The maximum absolute atomic E-state index is 5.20. The number of aryl methyl sites for hydroxylation is 2. The first-order valence-electron chi connectivity index (χ1n) is 9.55. The molecule has 0 aliphatic carbocycles. The van der Waals surface area contributed by atoms with Gasteiger partial charge in [-0.2, -0.15) is 4.98 Å². The Balaban J connectivity index is 1.78. The molecule has 0 aliphatic heterocycles. The minimum absolute atomic E-state index is 0.429. The highest BCUT2D eigenvalue weighted by Gasteiger charge is 2.11. The van der Waals surface area contributed by atoms with Gasteiger partial charge in [0.2, 0.25) is 5.95 Å². The summed E-state index contributed by atoms with van der Waals surface area (Å²) in [5.74, 6) is 2.68. The van der Waals surface area contributed by atoms with Gasteiger partial charge in [-0.15, -0.1) is 0 Å². The number of methoxy groups -OCH3 is 1. The standard InChI is InChI=1S/C23H28N4O/c1-15(2)20-8-6-7-16(3)22(20)26-21-13-17(4)25-23(27-21)24-14-18-9-11-19(28-5)12-10-18/h6-13,15H,14H2,1-5H3,(H2,24,25,26,27). The molecule has 28 heavy (non-hydrogen) atoms. The van der Waals surface area contributed by atoms with Gasteiger partial charge in [-0.3, -0.25) is 0 Å². The van der Waals surface area contributed by atoms with E-state index in [1.54, 1.807) is 7.11 Å². The van der Waals surface area contributed by atoms with Crippen molar-refractivity contribution in [1.29, 1.82) is 0 Å². The van der Waals surface area contributed by atoms with Crippen molar-refractivity contribution in [2.24, 2.45) is 0 Å². The third kappa shape index (κ3) is 4.80. The molecule has 1 aromatic heterocycles. The van der Waals surface area contributed by atoms with Crippen LogP contribution < -0.4 is 15.4 Å². The van der Waals surface area contributed by atoms with Crippen molar-refractivity contribution in [3.63, 3.8) is 0 Å². The lowest BCUT2D eigenvalue weighted by Crippen LogP contribution is -2.07. The molecular weight excluding hydrogens is 348 g/mol. The highest BCUT2D eigenvalue weighted by Crippen LogP contribution is 2.30. The number of hydrogen-bond donors (Lipinski definition) is 2. The maximum Gasteiger partial charge on any atom is 0.225 e. The number of benzene rings is 2. The molecule has 5 nitrogen and oxygen atoms in total. The minimum Gasteiger partial charge on any atom is -0.497 e. The van der Waals surface area contributed by atoms with Crippen LogP contribution in [-0.2, 0) is 6.54 Å². The zero-order valence-corrected chi connectivity index (χ0v) is 17.2. The smallest absolute Gasteiger partial charge is 0.225 e. The zero-order chi connectivity index (χ0) is 20.1. The molecule has 2 N–H and O–H groups in total. The topological polar surface area (TPSA) is 59.1 Å². The fourth-order valence-electron chi connectivity index (χ4n) is 3.11. The summed E-state index contributed by atoms with van der Waals surface area (Å²) >= 11 is 0. The number of rotatable bonds is 7. The van der Waals surface area contributed by atoms with Gasteiger partial charge in [-0.1, -0.05) is 44.2 Å². The summed E-state index contributed by atoms with van der Waals surface area (Å²) in [5.41, 5.74) is 5.66. The Morgan fingerprint density at radius 2 is 1.75 bits per heavy atom. The Morgan fingerprint density at radius 3 is 2.43 bits per heavy atom. The lowest BCUT2D eigenvalue weighted by molar-refractivity contribution is 0.414. The Hall–Kier alpha value is -3.08. The van der Waals surface area contributed by atoms with Crippen LogP contribution in [0.25, 0.3) is 0 Å². The number of anilines is 3. The van der Waals surface area contributed by atoms with Gasteiger partial charge in [0.05, 0.1) is 7.11 Å². The number of hydrogen-bond acceptors (Lipinski definition) is 5. The molecule has 0 unspecified atom stereocenters. The van der Waals surface area contributed by atoms with Crippen LogP contribution in [0.5, 0.6) is 5.75 Å². The molecule has 0 saturated heterocycles. The molecule has 0 bridgehead atoms. The summed E-state index contributed by atoms with van der Waals surface area (Å²) in [5, 5.41) is 6.82. The van der Waals surface area contributed by atoms with Crippen molar-refractivity contribution in [3.05, 3.63) is 70.9 Å². The molecule has 0 amide bonds. The van der Waals surface area contributed by atoms with E-state index in [9.17, 15) is 0 Å². The van der Waals surface area contributed by atoms with Gasteiger partial charge in [0, 0.05) is 24.0 Å². The molecule has 0 atom stereocenters. The molecular formula is C23H28N4O. The van der Waals surface area contributed by atoms with Crippen LogP contribution in [0.2, 0.25) is 0 Å². The van der Waals surface area contributed by atoms with Gasteiger partial charge in [-0.25, -0.2) is 4.98 Å². The Bertz CT molecular complexity index is 936. The largest absolute Gasteiger partial charge is 0.497 e. The number of nitrogens with one attached hydrogen (secondary N) is 2. The van der Waals surface area contributed by atoms with Gasteiger partial charge >= 0.3 is 0 Å². The van der Waals surface area contributed by atoms with Gasteiger partial charge < -0.3 is 15.4 Å². The summed E-state index contributed by atoms with van der Waals surface area (Å²) in [6.45, 7) is 9.15. The third-order valence-electron chi connectivity index (χ3n) is 4.64. The number of para-hydroxylation sites is 1. The zero-order valence-electron chi connectivity index (χ0n) is 17.2. The summed E-state index contributed by atoms with van der Waals surface area (Å²) in [6.07, 6.45) is 0. The molecule has 1 heterocycles. The predicted octanol–water partition coefficient (Wildman–Crippen LogP) is 5.58. The lowest BCUT2D eigenvalue weighted by atomic mass is 9.98. The van der Waals surface area contributed by atoms with Crippen molar-refractivity contribution in [3.8, 4) is 5.75 Å². The van der Waals surface area contributed by atoms with E-state index in [1.807, 2.05) is 37.3 Å². The fourth-order valence-corrected chi connectivity index (χ4v) is 3.11. The minimum atomic E-state index is 0.429. The molecule has 0 fully saturated rings. The average Bonchev–Trinajstić information content (AvgIpc) is 2.68. The van der Waals surface area contributed by atoms with E-state index in [1.165, 1.54) is 11.1 Å². The van der Waals surface area contributed by atoms with Gasteiger partial charge in [0.1, 0.15) is 11.6 Å². The van der Waals surface area contributed by atoms with E-state index < -0.39 is 0 Å². The Labute approximate surface area is 167 Å². The van der Waals surface area contributed by atoms with E-state index in [-0.39, 0.29) is 0 Å². The van der Waals surface area contributed by atoms with Crippen LogP contribution in [0.1, 0.15) is 42.1 Å². The number of aromatic nitrogens is 2.